The summed E-state index contributed by atoms with van der Waals surface area (Å²) in [5.41, 5.74) is 13.3. The van der Waals surface area contributed by atoms with Crippen molar-refractivity contribution < 1.29 is 9.59 Å². The van der Waals surface area contributed by atoms with Gasteiger partial charge in [-0.25, -0.2) is 4.90 Å². The number of nitrogens with zero attached hydrogens (tertiary/aromatic N) is 4. The van der Waals surface area contributed by atoms with Gasteiger partial charge in [0, 0.05) is 43.4 Å². The van der Waals surface area contributed by atoms with Gasteiger partial charge in [0.05, 0.1) is 67.0 Å². The second-order valence-corrected chi connectivity index (χ2v) is 17.5. The molecule has 0 atom stereocenters. The topological polar surface area (TPSA) is 52.2 Å². The average Bonchev–Trinajstić information content (AvgIpc) is 4.11. The van der Waals surface area contributed by atoms with Gasteiger partial charge in [-0.1, -0.05) is 182 Å². The second kappa shape index (κ2) is 14.6. The zero-order valence-corrected chi connectivity index (χ0v) is 36.5. The standard InChI is InChI=1S/C62H38N4O2/c67-61-49-31-18-36-54(57(49)62(68)66(61)58-41(39-19-3-1-4-20-39)27-15-28-42(58)40-21-5-2-6-22-40)65-59-47(29-16-37-55(59)63-50-32-11-7-23-43(50)44-24-8-12-33-51(44)63)48-30-17-38-56(60(48)65)64-52-34-13-9-25-45(52)46-26-10-14-35-53(46)64/h1-38H. The number of carbonyl (C=O) groups excluding carboxylic acids is 2. The van der Waals surface area contributed by atoms with Gasteiger partial charge in [0.2, 0.25) is 0 Å². The van der Waals surface area contributed by atoms with E-state index < -0.39 is 0 Å². The van der Waals surface area contributed by atoms with Crippen LogP contribution >= 0.6 is 0 Å². The minimum absolute atomic E-state index is 0.354. The molecule has 0 saturated carbocycles. The Balaban J connectivity index is 1.12. The third-order valence-electron chi connectivity index (χ3n) is 14.0. The van der Waals surface area contributed by atoms with E-state index in [2.05, 4.69) is 147 Å². The molecule has 14 rings (SSSR count). The summed E-state index contributed by atoms with van der Waals surface area (Å²) in [7, 11) is 0. The largest absolute Gasteiger partial charge is 0.307 e. The Hall–Kier alpha value is -9.26. The molecule has 6 heteroatoms. The minimum atomic E-state index is -0.375. The number of carbonyl (C=O) groups is 2. The fraction of sp³-hybridized carbons (Fsp3) is 0. The van der Waals surface area contributed by atoms with Crippen LogP contribution in [0.15, 0.2) is 231 Å². The monoisotopic (exact) mass is 870 g/mol. The van der Waals surface area contributed by atoms with Gasteiger partial charge in [0.25, 0.3) is 11.8 Å². The predicted octanol–water partition coefficient (Wildman–Crippen LogP) is 15.1. The van der Waals surface area contributed by atoms with E-state index in [0.717, 1.165) is 99.0 Å². The molecule has 6 nitrogen and oxygen atoms in total. The molecule has 4 heterocycles. The van der Waals surface area contributed by atoms with Crippen LogP contribution in [-0.2, 0) is 0 Å². The molecule has 0 bridgehead atoms. The smallest absolute Gasteiger partial charge is 0.268 e. The third kappa shape index (κ3) is 5.28. The Morgan fingerprint density at radius 3 is 1.07 bits per heavy atom. The van der Waals surface area contributed by atoms with Crippen LogP contribution in [0, 0.1) is 0 Å². The van der Waals surface area contributed by atoms with Gasteiger partial charge in [-0.2, -0.15) is 0 Å². The van der Waals surface area contributed by atoms with Crippen molar-refractivity contribution in [1.29, 1.82) is 0 Å². The molecule has 10 aromatic carbocycles. The third-order valence-corrected chi connectivity index (χ3v) is 14.0. The first-order valence-electron chi connectivity index (χ1n) is 22.9. The molecule has 2 amide bonds. The Bertz CT molecular complexity index is 3920. The molecule has 0 saturated heterocycles. The number of hydrogen-bond donors (Lipinski definition) is 0. The van der Waals surface area contributed by atoms with Crippen molar-refractivity contribution in [2.75, 3.05) is 4.90 Å². The van der Waals surface area contributed by atoms with Crippen LogP contribution in [0.4, 0.5) is 5.69 Å². The van der Waals surface area contributed by atoms with E-state index in [-0.39, 0.29) is 11.8 Å². The van der Waals surface area contributed by atoms with Crippen molar-refractivity contribution in [3.8, 4) is 39.3 Å². The fourth-order valence-electron chi connectivity index (χ4n) is 11.2. The number of amides is 2. The molecule has 1 aliphatic heterocycles. The first-order valence-corrected chi connectivity index (χ1v) is 22.9. The van der Waals surface area contributed by atoms with Crippen molar-refractivity contribution >= 4 is 82.9 Å². The fourth-order valence-corrected chi connectivity index (χ4v) is 11.2. The molecule has 0 fully saturated rings. The summed E-state index contributed by atoms with van der Waals surface area (Å²) in [5.74, 6) is -0.738. The zero-order chi connectivity index (χ0) is 45.0. The summed E-state index contributed by atoms with van der Waals surface area (Å²) in [5, 5.41) is 6.64. The Morgan fingerprint density at radius 1 is 0.265 bits per heavy atom. The Labute approximate surface area is 390 Å². The maximum Gasteiger partial charge on any atom is 0.268 e. The first kappa shape index (κ1) is 38.1. The lowest BCUT2D eigenvalue weighted by atomic mass is 9.95. The van der Waals surface area contributed by atoms with Gasteiger partial charge >= 0.3 is 0 Å². The summed E-state index contributed by atoms with van der Waals surface area (Å²) in [6.45, 7) is 0. The molecular formula is C62H38N4O2. The van der Waals surface area contributed by atoms with E-state index in [1.54, 1.807) is 0 Å². The van der Waals surface area contributed by atoms with Crippen molar-refractivity contribution in [3.63, 3.8) is 0 Å². The molecule has 0 spiro atoms. The van der Waals surface area contributed by atoms with Crippen molar-refractivity contribution in [3.05, 3.63) is 242 Å². The van der Waals surface area contributed by atoms with Crippen LogP contribution in [0.1, 0.15) is 20.7 Å². The van der Waals surface area contributed by atoms with Gasteiger partial charge in [-0.3, -0.25) is 9.59 Å². The molecule has 3 aromatic heterocycles. The van der Waals surface area contributed by atoms with E-state index in [9.17, 15) is 0 Å². The van der Waals surface area contributed by atoms with E-state index in [1.807, 2.05) is 97.1 Å². The number of para-hydroxylation sites is 7. The van der Waals surface area contributed by atoms with Gasteiger partial charge in [-0.05, 0) is 59.7 Å². The lowest BCUT2D eigenvalue weighted by molar-refractivity contribution is 0.0926. The van der Waals surface area contributed by atoms with Gasteiger partial charge in [0.1, 0.15) is 0 Å². The maximum absolute atomic E-state index is 16.0. The Kier molecular flexibility index (Phi) is 8.18. The molecule has 0 radical (unpaired) electrons. The molecule has 68 heavy (non-hydrogen) atoms. The van der Waals surface area contributed by atoms with Crippen LogP contribution in [0.3, 0.4) is 0 Å². The number of rotatable bonds is 6. The highest BCUT2D eigenvalue weighted by atomic mass is 16.2. The normalized spacial score (nSPS) is 12.7. The van der Waals surface area contributed by atoms with E-state index >= 15 is 9.59 Å². The number of hydrogen-bond acceptors (Lipinski definition) is 2. The highest BCUT2D eigenvalue weighted by Gasteiger charge is 2.42. The summed E-state index contributed by atoms with van der Waals surface area (Å²) in [6.07, 6.45) is 0. The number of benzene rings is 10. The second-order valence-electron chi connectivity index (χ2n) is 17.5. The van der Waals surface area contributed by atoms with E-state index in [0.29, 0.717) is 22.5 Å². The van der Waals surface area contributed by atoms with E-state index in [1.165, 1.54) is 4.90 Å². The lowest BCUT2D eigenvalue weighted by Crippen LogP contribution is -2.30. The SMILES string of the molecule is O=C1c2cccc(-n3c4c(-n5c6ccccc6c6ccccc65)cccc4c4cccc(-n5c6ccccc6c6ccccc65)c43)c2C(=O)N1c1c(-c2ccccc2)cccc1-c1ccccc1. The minimum Gasteiger partial charge on any atom is -0.307 e. The van der Waals surface area contributed by atoms with Crippen molar-refractivity contribution in [2.45, 2.75) is 0 Å². The summed E-state index contributed by atoms with van der Waals surface area (Å²) in [6, 6.07) is 79.0. The van der Waals surface area contributed by atoms with E-state index in [4.69, 9.17) is 0 Å². The van der Waals surface area contributed by atoms with Gasteiger partial charge < -0.3 is 13.7 Å². The van der Waals surface area contributed by atoms with Crippen LogP contribution < -0.4 is 4.90 Å². The highest BCUT2D eigenvalue weighted by Crippen LogP contribution is 2.47. The summed E-state index contributed by atoms with van der Waals surface area (Å²) in [4.78, 5) is 32.8. The summed E-state index contributed by atoms with van der Waals surface area (Å²) >= 11 is 0. The molecule has 0 aliphatic carbocycles. The molecule has 1 aliphatic rings. The highest BCUT2D eigenvalue weighted by molar-refractivity contribution is 6.37. The maximum atomic E-state index is 16.0. The molecule has 0 unspecified atom stereocenters. The van der Waals surface area contributed by atoms with Crippen molar-refractivity contribution in [2.24, 2.45) is 0 Å². The van der Waals surface area contributed by atoms with Crippen LogP contribution in [0.2, 0.25) is 0 Å². The van der Waals surface area contributed by atoms with Gasteiger partial charge in [-0.15, -0.1) is 0 Å². The number of imide groups is 1. The van der Waals surface area contributed by atoms with Gasteiger partial charge in [0.15, 0.2) is 0 Å². The number of anilines is 1. The predicted molar refractivity (Wildman–Crippen MR) is 278 cm³/mol. The lowest BCUT2D eigenvalue weighted by Gasteiger charge is -2.23. The zero-order valence-electron chi connectivity index (χ0n) is 36.5. The number of fused-ring (bicyclic) bond motifs is 10. The molecule has 13 aromatic rings. The quantitative estimate of drug-likeness (QED) is 0.156. The molecular weight excluding hydrogens is 833 g/mol. The van der Waals surface area contributed by atoms with Crippen molar-refractivity contribution in [1.82, 2.24) is 13.7 Å². The number of aromatic nitrogens is 3. The van der Waals surface area contributed by atoms with Crippen LogP contribution in [0.25, 0.3) is 105 Å². The summed E-state index contributed by atoms with van der Waals surface area (Å²) < 4.78 is 6.98. The Morgan fingerprint density at radius 2 is 0.618 bits per heavy atom. The first-order chi connectivity index (χ1) is 33.7. The average molecular weight is 871 g/mol. The molecule has 0 N–H and O–H groups in total. The molecule has 318 valence electrons. The van der Waals surface area contributed by atoms with Crippen LogP contribution in [0.5, 0.6) is 0 Å². The van der Waals surface area contributed by atoms with Crippen LogP contribution in [-0.4, -0.2) is 25.5 Å².